The molecule has 0 unspecified atom stereocenters. The Morgan fingerprint density at radius 1 is 1.11 bits per heavy atom. The van der Waals surface area contributed by atoms with E-state index in [2.05, 4.69) is 10.5 Å². The molecule has 0 bridgehead atoms. The summed E-state index contributed by atoms with van der Waals surface area (Å²) in [5, 5.41) is 4.75. The third kappa shape index (κ3) is 4.20. The molecule has 27 heavy (non-hydrogen) atoms. The number of hydrazone groups is 1. The molecule has 1 N–H and O–H groups in total. The van der Waals surface area contributed by atoms with Gasteiger partial charge in [0, 0.05) is 5.39 Å². The van der Waals surface area contributed by atoms with Gasteiger partial charge >= 0.3 is 5.91 Å². The zero-order valence-electron chi connectivity index (χ0n) is 15.3. The van der Waals surface area contributed by atoms with Gasteiger partial charge in [0.25, 0.3) is 0 Å². The van der Waals surface area contributed by atoms with Gasteiger partial charge in [-0.25, -0.2) is 5.43 Å². The molecule has 0 aliphatic heterocycles. The fourth-order valence-electron chi connectivity index (χ4n) is 2.54. The Kier molecular flexibility index (Phi) is 5.61. The van der Waals surface area contributed by atoms with Crippen molar-refractivity contribution in [3.8, 4) is 17.2 Å². The molecule has 1 aromatic heterocycles. The van der Waals surface area contributed by atoms with Crippen LogP contribution in [0.2, 0.25) is 0 Å². The highest BCUT2D eigenvalue weighted by Crippen LogP contribution is 2.27. The molecule has 2 aromatic carbocycles. The van der Waals surface area contributed by atoms with E-state index in [-0.39, 0.29) is 5.76 Å². The maximum absolute atomic E-state index is 12.2. The average molecular weight is 368 g/mol. The number of methoxy groups -OCH3 is 2. The molecule has 0 atom stereocenters. The van der Waals surface area contributed by atoms with Crippen molar-refractivity contribution in [1.29, 1.82) is 0 Å². The van der Waals surface area contributed by atoms with Crippen molar-refractivity contribution in [2.75, 3.05) is 20.8 Å². The summed E-state index contributed by atoms with van der Waals surface area (Å²) in [6.45, 7) is 2.48. The monoisotopic (exact) mass is 368 g/mol. The molecule has 0 aliphatic carbocycles. The summed E-state index contributed by atoms with van der Waals surface area (Å²) in [6.07, 6.45) is 1.51. The zero-order chi connectivity index (χ0) is 19.2. The highest BCUT2D eigenvalue weighted by Gasteiger charge is 2.12. The molecule has 0 spiro atoms. The highest BCUT2D eigenvalue weighted by molar-refractivity contribution is 5.96. The lowest BCUT2D eigenvalue weighted by Crippen LogP contribution is -2.16. The van der Waals surface area contributed by atoms with Crippen LogP contribution < -0.4 is 19.6 Å². The van der Waals surface area contributed by atoms with Crippen molar-refractivity contribution in [2.24, 2.45) is 5.10 Å². The lowest BCUT2D eigenvalue weighted by atomic mass is 10.2. The van der Waals surface area contributed by atoms with Crippen molar-refractivity contribution in [3.63, 3.8) is 0 Å². The molecule has 140 valence electrons. The first kappa shape index (κ1) is 18.3. The van der Waals surface area contributed by atoms with E-state index in [1.807, 2.05) is 13.0 Å². The number of hydrogen-bond acceptors (Lipinski definition) is 6. The smallest absolute Gasteiger partial charge is 0.307 e. The van der Waals surface area contributed by atoms with Crippen LogP contribution in [0.25, 0.3) is 11.0 Å². The maximum Gasteiger partial charge on any atom is 0.307 e. The predicted molar refractivity (Wildman–Crippen MR) is 102 cm³/mol. The normalized spacial score (nSPS) is 10.9. The minimum atomic E-state index is -0.444. The lowest BCUT2D eigenvalue weighted by molar-refractivity contribution is 0.0929. The van der Waals surface area contributed by atoms with Crippen LogP contribution in [0.3, 0.4) is 0 Å². The predicted octanol–water partition coefficient (Wildman–Crippen LogP) is 3.61. The second-order valence-corrected chi connectivity index (χ2v) is 5.56. The van der Waals surface area contributed by atoms with Gasteiger partial charge in [-0.3, -0.25) is 4.79 Å². The summed E-state index contributed by atoms with van der Waals surface area (Å²) in [5.41, 5.74) is 3.80. The lowest BCUT2D eigenvalue weighted by Gasteiger charge is -2.07. The number of amides is 1. The maximum atomic E-state index is 12.2. The topological polar surface area (TPSA) is 82.3 Å². The Bertz CT molecular complexity index is 978. The summed E-state index contributed by atoms with van der Waals surface area (Å²) in [7, 11) is 3.12. The standard InChI is InChI=1S/C20H20N2O5/c1-4-26-15-6-8-16-14(10-15)11-19(27-16)20(23)22-21-12-13-5-7-17(24-2)18(9-13)25-3/h5-12H,4H2,1-3H3,(H,22,23)/b21-12+. The van der Waals surface area contributed by atoms with E-state index in [4.69, 9.17) is 18.6 Å². The Hall–Kier alpha value is -3.48. The Morgan fingerprint density at radius 3 is 2.67 bits per heavy atom. The van der Waals surface area contributed by atoms with E-state index in [1.165, 1.54) is 6.21 Å². The van der Waals surface area contributed by atoms with Crippen LogP contribution >= 0.6 is 0 Å². The van der Waals surface area contributed by atoms with Gasteiger partial charge < -0.3 is 18.6 Å². The number of benzene rings is 2. The molecule has 0 saturated heterocycles. The van der Waals surface area contributed by atoms with Gasteiger partial charge in [0.05, 0.1) is 27.0 Å². The number of nitrogens with zero attached hydrogens (tertiary/aromatic N) is 1. The van der Waals surface area contributed by atoms with E-state index < -0.39 is 5.91 Å². The van der Waals surface area contributed by atoms with Gasteiger partial charge in [-0.1, -0.05) is 0 Å². The van der Waals surface area contributed by atoms with Crippen LogP contribution in [-0.4, -0.2) is 32.9 Å². The van der Waals surface area contributed by atoms with Crippen molar-refractivity contribution < 1.29 is 23.4 Å². The fraction of sp³-hybridized carbons (Fsp3) is 0.200. The summed E-state index contributed by atoms with van der Waals surface area (Å²) in [5.74, 6) is 1.65. The minimum absolute atomic E-state index is 0.170. The van der Waals surface area contributed by atoms with Crippen LogP contribution in [0.1, 0.15) is 23.0 Å². The van der Waals surface area contributed by atoms with Gasteiger partial charge in [0.1, 0.15) is 11.3 Å². The van der Waals surface area contributed by atoms with E-state index in [9.17, 15) is 4.79 Å². The Balaban J connectivity index is 1.70. The van der Waals surface area contributed by atoms with E-state index in [1.54, 1.807) is 50.6 Å². The highest BCUT2D eigenvalue weighted by atomic mass is 16.5. The minimum Gasteiger partial charge on any atom is -0.494 e. The van der Waals surface area contributed by atoms with Gasteiger partial charge in [-0.2, -0.15) is 5.10 Å². The number of carbonyl (C=O) groups excluding carboxylic acids is 1. The number of hydrogen-bond donors (Lipinski definition) is 1. The summed E-state index contributed by atoms with van der Waals surface area (Å²) in [6, 6.07) is 12.4. The molecule has 7 heteroatoms. The summed E-state index contributed by atoms with van der Waals surface area (Å²) >= 11 is 0. The largest absolute Gasteiger partial charge is 0.494 e. The first-order valence-corrected chi connectivity index (χ1v) is 8.36. The second-order valence-electron chi connectivity index (χ2n) is 5.56. The number of carbonyl (C=O) groups is 1. The number of fused-ring (bicyclic) bond motifs is 1. The van der Waals surface area contributed by atoms with Crippen LogP contribution in [0.4, 0.5) is 0 Å². The van der Waals surface area contributed by atoms with Gasteiger partial charge in [-0.05, 0) is 55.0 Å². The van der Waals surface area contributed by atoms with Crippen LogP contribution in [0.15, 0.2) is 52.0 Å². The molecule has 1 amide bonds. The Morgan fingerprint density at radius 2 is 1.93 bits per heavy atom. The number of nitrogens with one attached hydrogen (secondary N) is 1. The average Bonchev–Trinajstić information content (AvgIpc) is 3.11. The molecule has 3 aromatic rings. The van der Waals surface area contributed by atoms with Crippen molar-refractivity contribution in [2.45, 2.75) is 6.92 Å². The zero-order valence-corrected chi connectivity index (χ0v) is 15.3. The molecule has 3 rings (SSSR count). The quantitative estimate of drug-likeness (QED) is 0.509. The first-order chi connectivity index (χ1) is 13.1. The second kappa shape index (κ2) is 8.27. The van der Waals surface area contributed by atoms with Crippen LogP contribution in [0.5, 0.6) is 17.2 Å². The van der Waals surface area contributed by atoms with Crippen molar-refractivity contribution >= 4 is 23.1 Å². The molecular weight excluding hydrogens is 348 g/mol. The van der Waals surface area contributed by atoms with Crippen LogP contribution in [0, 0.1) is 0 Å². The number of rotatable bonds is 7. The van der Waals surface area contributed by atoms with Gasteiger partial charge in [-0.15, -0.1) is 0 Å². The van der Waals surface area contributed by atoms with E-state index in [0.717, 1.165) is 16.7 Å². The number of furan rings is 1. The molecule has 0 radical (unpaired) electrons. The SMILES string of the molecule is CCOc1ccc2oc(C(=O)N/N=C/c3ccc(OC)c(OC)c3)cc2c1. The summed E-state index contributed by atoms with van der Waals surface area (Å²) < 4.78 is 21.4. The van der Waals surface area contributed by atoms with E-state index >= 15 is 0 Å². The molecule has 0 fully saturated rings. The van der Waals surface area contributed by atoms with Gasteiger partial charge in [0.15, 0.2) is 17.3 Å². The van der Waals surface area contributed by atoms with Crippen molar-refractivity contribution in [3.05, 3.63) is 53.8 Å². The summed E-state index contributed by atoms with van der Waals surface area (Å²) in [4.78, 5) is 12.2. The third-order valence-corrected chi connectivity index (χ3v) is 3.81. The van der Waals surface area contributed by atoms with Crippen molar-refractivity contribution in [1.82, 2.24) is 5.43 Å². The molecule has 0 aliphatic rings. The van der Waals surface area contributed by atoms with E-state index in [0.29, 0.717) is 23.7 Å². The molecular formula is C20H20N2O5. The van der Waals surface area contributed by atoms with Gasteiger partial charge in [0.2, 0.25) is 0 Å². The molecule has 7 nitrogen and oxygen atoms in total. The number of ether oxygens (including phenoxy) is 3. The Labute approximate surface area is 156 Å². The molecule has 1 heterocycles. The third-order valence-electron chi connectivity index (χ3n) is 3.81. The first-order valence-electron chi connectivity index (χ1n) is 8.36. The van der Waals surface area contributed by atoms with Crippen LogP contribution in [-0.2, 0) is 0 Å². The fourth-order valence-corrected chi connectivity index (χ4v) is 2.54. The molecule has 0 saturated carbocycles.